The summed E-state index contributed by atoms with van der Waals surface area (Å²) in [6.07, 6.45) is 0. The van der Waals surface area contributed by atoms with Crippen LogP contribution in [0.4, 0.5) is 4.39 Å². The lowest BCUT2D eigenvalue weighted by molar-refractivity contribution is 0.0597. The van der Waals surface area contributed by atoms with E-state index < -0.39 is 0 Å². The van der Waals surface area contributed by atoms with Gasteiger partial charge in [0.2, 0.25) is 0 Å². The molecule has 0 aliphatic carbocycles. The van der Waals surface area contributed by atoms with Crippen LogP contribution in [-0.4, -0.2) is 41.9 Å². The zero-order valence-electron chi connectivity index (χ0n) is 15.2. The van der Waals surface area contributed by atoms with Crippen molar-refractivity contribution in [3.63, 3.8) is 0 Å². The minimum absolute atomic E-state index is 0.0410. The summed E-state index contributed by atoms with van der Waals surface area (Å²) >= 11 is 1.62. The molecule has 3 heterocycles. The number of furan rings is 1. The van der Waals surface area contributed by atoms with Crippen LogP contribution >= 0.6 is 11.3 Å². The molecule has 27 heavy (non-hydrogen) atoms. The molecule has 2 aromatic heterocycles. The van der Waals surface area contributed by atoms with Gasteiger partial charge in [-0.15, -0.1) is 11.3 Å². The van der Waals surface area contributed by atoms with E-state index >= 15 is 0 Å². The number of amides is 1. The molecule has 0 saturated carbocycles. The predicted molar refractivity (Wildman–Crippen MR) is 104 cm³/mol. The first kappa shape index (κ1) is 17.9. The fourth-order valence-corrected chi connectivity index (χ4v) is 4.38. The number of hydrogen-bond acceptors (Lipinski definition) is 4. The Balaban J connectivity index is 1.35. The van der Waals surface area contributed by atoms with Gasteiger partial charge in [0, 0.05) is 48.0 Å². The number of hydrogen-bond donors (Lipinski definition) is 0. The molecule has 0 radical (unpaired) electrons. The summed E-state index contributed by atoms with van der Waals surface area (Å²) in [6.45, 7) is 5.66. The molecule has 1 aliphatic heterocycles. The molecular weight excluding hydrogens is 363 g/mol. The predicted octanol–water partition coefficient (Wildman–Crippen LogP) is 4.41. The van der Waals surface area contributed by atoms with E-state index in [4.69, 9.17) is 4.42 Å². The van der Waals surface area contributed by atoms with Crippen LogP contribution in [0.15, 0.2) is 52.9 Å². The second-order valence-electron chi connectivity index (χ2n) is 6.72. The van der Waals surface area contributed by atoms with Crippen LogP contribution in [0.5, 0.6) is 0 Å². The monoisotopic (exact) mass is 384 g/mol. The van der Waals surface area contributed by atoms with E-state index in [-0.39, 0.29) is 11.7 Å². The summed E-state index contributed by atoms with van der Waals surface area (Å²) in [6, 6.07) is 14.5. The largest absolute Gasteiger partial charge is 0.456 e. The number of benzene rings is 1. The Hall–Kier alpha value is -2.44. The van der Waals surface area contributed by atoms with E-state index in [1.807, 2.05) is 36.1 Å². The van der Waals surface area contributed by atoms with Gasteiger partial charge in [-0.1, -0.05) is 18.2 Å². The Bertz CT molecular complexity index is 941. The first-order valence-electron chi connectivity index (χ1n) is 9.02. The molecule has 1 amide bonds. The average molecular weight is 384 g/mol. The Morgan fingerprint density at radius 2 is 1.85 bits per heavy atom. The van der Waals surface area contributed by atoms with Gasteiger partial charge in [-0.2, -0.15) is 0 Å². The van der Waals surface area contributed by atoms with Crippen LogP contribution in [0.1, 0.15) is 21.2 Å². The van der Waals surface area contributed by atoms with E-state index in [1.165, 1.54) is 10.9 Å². The number of aryl methyl sites for hydroxylation is 1. The standard InChI is InChI=1S/C21H21FN2O2S/c1-15-6-8-19(26-15)21(25)24-12-10-23(11-13-24)14-16-7-9-20(27-16)17-4-2-3-5-18(17)22/h2-9H,10-14H2,1H3. The second kappa shape index (κ2) is 7.66. The quantitative estimate of drug-likeness (QED) is 0.668. The van der Waals surface area contributed by atoms with Gasteiger partial charge in [0.05, 0.1) is 0 Å². The summed E-state index contributed by atoms with van der Waals surface area (Å²) < 4.78 is 19.4. The number of thiophene rings is 1. The number of nitrogens with zero attached hydrogens (tertiary/aromatic N) is 2. The van der Waals surface area contributed by atoms with Crippen molar-refractivity contribution in [2.24, 2.45) is 0 Å². The minimum atomic E-state index is -0.189. The van der Waals surface area contributed by atoms with Crippen molar-refractivity contribution < 1.29 is 13.6 Å². The molecule has 0 bridgehead atoms. The van der Waals surface area contributed by atoms with Crippen LogP contribution in [-0.2, 0) is 6.54 Å². The molecule has 0 spiro atoms. The second-order valence-corrected chi connectivity index (χ2v) is 7.89. The third-order valence-electron chi connectivity index (χ3n) is 4.79. The SMILES string of the molecule is Cc1ccc(C(=O)N2CCN(Cc3ccc(-c4ccccc4F)s3)CC2)o1. The number of rotatable bonds is 4. The highest BCUT2D eigenvalue weighted by atomic mass is 32.1. The first-order valence-corrected chi connectivity index (χ1v) is 9.83. The van der Waals surface area contributed by atoms with Crippen LogP contribution in [0, 0.1) is 12.7 Å². The van der Waals surface area contributed by atoms with Crippen LogP contribution < -0.4 is 0 Å². The Labute approximate surface area is 161 Å². The van der Waals surface area contributed by atoms with Crippen LogP contribution in [0.25, 0.3) is 10.4 Å². The molecule has 1 fully saturated rings. The van der Waals surface area contributed by atoms with Crippen molar-refractivity contribution in [1.82, 2.24) is 9.80 Å². The highest BCUT2D eigenvalue weighted by Crippen LogP contribution is 2.30. The number of halogens is 1. The highest BCUT2D eigenvalue weighted by molar-refractivity contribution is 7.15. The zero-order chi connectivity index (χ0) is 18.8. The summed E-state index contributed by atoms with van der Waals surface area (Å²) in [4.78, 5) is 18.8. The molecular formula is C21H21FN2O2S. The van der Waals surface area contributed by atoms with E-state index in [1.54, 1.807) is 23.5 Å². The van der Waals surface area contributed by atoms with Crippen molar-refractivity contribution in [2.75, 3.05) is 26.2 Å². The maximum absolute atomic E-state index is 14.0. The van der Waals surface area contributed by atoms with Crippen molar-refractivity contribution in [3.8, 4) is 10.4 Å². The molecule has 140 valence electrons. The normalized spacial score (nSPS) is 15.3. The molecule has 4 nitrogen and oxygen atoms in total. The Morgan fingerprint density at radius 3 is 2.56 bits per heavy atom. The number of carbonyl (C=O) groups excluding carboxylic acids is 1. The lowest BCUT2D eigenvalue weighted by Gasteiger charge is -2.34. The molecule has 0 N–H and O–H groups in total. The molecule has 3 aromatic rings. The molecule has 1 aliphatic rings. The molecule has 6 heteroatoms. The van der Waals surface area contributed by atoms with Gasteiger partial charge in [0.1, 0.15) is 11.6 Å². The van der Waals surface area contributed by atoms with Crippen molar-refractivity contribution in [3.05, 3.63) is 70.7 Å². The third-order valence-corrected chi connectivity index (χ3v) is 5.89. The molecule has 0 atom stereocenters. The van der Waals surface area contributed by atoms with E-state index in [9.17, 15) is 9.18 Å². The number of carbonyl (C=O) groups is 1. The summed E-state index contributed by atoms with van der Waals surface area (Å²) in [5.41, 5.74) is 0.651. The minimum Gasteiger partial charge on any atom is -0.456 e. The summed E-state index contributed by atoms with van der Waals surface area (Å²) in [7, 11) is 0. The van der Waals surface area contributed by atoms with Gasteiger partial charge in [0.15, 0.2) is 5.76 Å². The van der Waals surface area contributed by atoms with Crippen molar-refractivity contribution in [1.29, 1.82) is 0 Å². The van der Waals surface area contributed by atoms with Gasteiger partial charge >= 0.3 is 0 Å². The van der Waals surface area contributed by atoms with Gasteiger partial charge < -0.3 is 9.32 Å². The van der Waals surface area contributed by atoms with Crippen molar-refractivity contribution >= 4 is 17.2 Å². The Morgan fingerprint density at radius 1 is 1.07 bits per heavy atom. The number of piperazine rings is 1. The lowest BCUT2D eigenvalue weighted by Crippen LogP contribution is -2.48. The van der Waals surface area contributed by atoms with E-state index in [0.29, 0.717) is 24.4 Å². The topological polar surface area (TPSA) is 36.7 Å². The van der Waals surface area contributed by atoms with Gasteiger partial charge in [-0.25, -0.2) is 4.39 Å². The van der Waals surface area contributed by atoms with E-state index in [2.05, 4.69) is 11.0 Å². The first-order chi connectivity index (χ1) is 13.1. The molecule has 4 rings (SSSR count). The Kier molecular flexibility index (Phi) is 5.09. The molecule has 0 unspecified atom stereocenters. The highest BCUT2D eigenvalue weighted by Gasteiger charge is 2.24. The maximum Gasteiger partial charge on any atom is 0.289 e. The fourth-order valence-electron chi connectivity index (χ4n) is 3.30. The van der Waals surface area contributed by atoms with Crippen LogP contribution in [0.2, 0.25) is 0 Å². The zero-order valence-corrected chi connectivity index (χ0v) is 16.0. The van der Waals surface area contributed by atoms with Gasteiger partial charge in [-0.3, -0.25) is 9.69 Å². The third kappa shape index (κ3) is 3.96. The van der Waals surface area contributed by atoms with Gasteiger partial charge in [-0.05, 0) is 37.3 Å². The fraction of sp³-hybridized carbons (Fsp3) is 0.286. The van der Waals surface area contributed by atoms with Crippen molar-refractivity contribution in [2.45, 2.75) is 13.5 Å². The van der Waals surface area contributed by atoms with Gasteiger partial charge in [0.25, 0.3) is 5.91 Å². The summed E-state index contributed by atoms with van der Waals surface area (Å²) in [5.74, 6) is 0.931. The molecule has 1 saturated heterocycles. The van der Waals surface area contributed by atoms with E-state index in [0.717, 1.165) is 30.3 Å². The smallest absolute Gasteiger partial charge is 0.289 e. The average Bonchev–Trinajstić information content (AvgIpc) is 3.31. The van der Waals surface area contributed by atoms with Crippen LogP contribution in [0.3, 0.4) is 0 Å². The maximum atomic E-state index is 14.0. The molecule has 1 aromatic carbocycles. The summed E-state index contributed by atoms with van der Waals surface area (Å²) in [5, 5.41) is 0. The lowest BCUT2D eigenvalue weighted by atomic mass is 10.2.